The summed E-state index contributed by atoms with van der Waals surface area (Å²) in [7, 11) is 0. The van der Waals surface area contributed by atoms with Crippen LogP contribution in [-0.4, -0.2) is 86.4 Å². The van der Waals surface area contributed by atoms with Crippen LogP contribution < -0.4 is 27.5 Å². The summed E-state index contributed by atoms with van der Waals surface area (Å²) in [5.41, 5.74) is 16.2. The van der Waals surface area contributed by atoms with Gasteiger partial charge in [0, 0.05) is 19.4 Å². The van der Waals surface area contributed by atoms with Crippen molar-refractivity contribution in [3.63, 3.8) is 0 Å². The molecule has 0 aromatic heterocycles. The quantitative estimate of drug-likeness (QED) is 0.186. The third-order valence-corrected chi connectivity index (χ3v) is 5.45. The maximum atomic E-state index is 11.9. The number of nitrogens with zero attached hydrogens (tertiary/aromatic N) is 3. The molecule has 0 bridgehead atoms. The van der Waals surface area contributed by atoms with E-state index in [4.69, 9.17) is 17.2 Å². The Kier molecular flexibility index (Phi) is 3.08. The Morgan fingerprint density at radius 3 is 2.56 bits per heavy atom. The molecular formula is C13H21N8O4+. The smallest absolute Gasteiger partial charge is 0.343 e. The van der Waals surface area contributed by atoms with Crippen molar-refractivity contribution < 1.29 is 24.8 Å². The van der Waals surface area contributed by atoms with Gasteiger partial charge in [-0.2, -0.15) is 0 Å². The van der Waals surface area contributed by atoms with Crippen LogP contribution in [0.4, 0.5) is 0 Å². The van der Waals surface area contributed by atoms with E-state index in [1.54, 1.807) is 0 Å². The first-order valence-corrected chi connectivity index (χ1v) is 8.00. The van der Waals surface area contributed by atoms with Gasteiger partial charge >= 0.3 is 5.96 Å². The van der Waals surface area contributed by atoms with Gasteiger partial charge in [-0.3, -0.25) is 30.1 Å². The molecule has 2 fully saturated rings. The van der Waals surface area contributed by atoms with Gasteiger partial charge in [-0.15, -0.1) is 0 Å². The van der Waals surface area contributed by atoms with Gasteiger partial charge in [0.05, 0.1) is 12.6 Å². The second kappa shape index (κ2) is 4.80. The van der Waals surface area contributed by atoms with Crippen LogP contribution in [-0.2, 0) is 9.59 Å². The molecule has 10 N–H and O–H groups in total. The van der Waals surface area contributed by atoms with Crippen molar-refractivity contribution in [2.24, 2.45) is 22.2 Å². The number of aliphatic imine (C=N–C) groups is 1. The number of carbonyl (C=O) groups excluding carboxylic acids is 2. The van der Waals surface area contributed by atoms with Crippen molar-refractivity contribution in [2.75, 3.05) is 13.1 Å². The molecule has 0 saturated carbocycles. The third-order valence-electron chi connectivity index (χ3n) is 5.45. The molecule has 0 aromatic carbocycles. The van der Waals surface area contributed by atoms with Crippen LogP contribution in [0.3, 0.4) is 0 Å². The Bertz CT molecular complexity index is 705. The third kappa shape index (κ3) is 1.86. The van der Waals surface area contributed by atoms with Crippen molar-refractivity contribution in [2.45, 2.75) is 42.4 Å². The largest absolute Gasteiger partial charge is 0.370 e. The molecule has 1 spiro atoms. The minimum Gasteiger partial charge on any atom is -0.370 e. The number of nitrogens with one attached hydrogen (secondary N) is 2. The SMILES string of the molecule is NC1=N[C@@H](CN2C(=O)CCC2=O)[C@@H]2[NH+]=C(N)N[C@]23N1C[C@H](N)C3(O)O. The number of guanidine groups is 2. The van der Waals surface area contributed by atoms with E-state index in [1.807, 2.05) is 0 Å². The predicted octanol–water partition coefficient (Wildman–Crippen LogP) is -6.78. The predicted molar refractivity (Wildman–Crippen MR) is 83.0 cm³/mol. The number of nitrogens with two attached hydrogens (primary N) is 3. The highest BCUT2D eigenvalue weighted by atomic mass is 16.5. The zero-order valence-electron chi connectivity index (χ0n) is 13.3. The van der Waals surface area contributed by atoms with Gasteiger partial charge in [0.2, 0.25) is 17.6 Å². The zero-order valence-corrected chi connectivity index (χ0v) is 13.3. The second-order valence-electron chi connectivity index (χ2n) is 6.82. The first-order chi connectivity index (χ1) is 11.7. The summed E-state index contributed by atoms with van der Waals surface area (Å²) in [6.07, 6.45) is 0.308. The van der Waals surface area contributed by atoms with Crippen LogP contribution in [0.1, 0.15) is 12.8 Å². The number of rotatable bonds is 2. The summed E-state index contributed by atoms with van der Waals surface area (Å²) >= 11 is 0. The normalized spacial score (nSPS) is 39.1. The lowest BCUT2D eigenvalue weighted by molar-refractivity contribution is -0.521. The van der Waals surface area contributed by atoms with Crippen LogP contribution in [0, 0.1) is 0 Å². The lowest BCUT2D eigenvalue weighted by atomic mass is 9.85. The molecule has 0 aromatic rings. The van der Waals surface area contributed by atoms with Crippen molar-refractivity contribution in [1.29, 1.82) is 0 Å². The van der Waals surface area contributed by atoms with Crippen molar-refractivity contribution in [1.82, 2.24) is 15.1 Å². The van der Waals surface area contributed by atoms with E-state index in [9.17, 15) is 19.8 Å². The maximum absolute atomic E-state index is 11.9. The highest BCUT2D eigenvalue weighted by Gasteiger charge is 2.75. The highest BCUT2D eigenvalue weighted by molar-refractivity contribution is 6.02. The maximum Gasteiger partial charge on any atom is 0.343 e. The van der Waals surface area contributed by atoms with Gasteiger partial charge < -0.3 is 21.7 Å². The Balaban J connectivity index is 1.75. The van der Waals surface area contributed by atoms with Crippen LogP contribution in [0.25, 0.3) is 0 Å². The van der Waals surface area contributed by atoms with Crippen molar-refractivity contribution in [3.05, 3.63) is 0 Å². The molecule has 2 amide bonds. The first-order valence-electron chi connectivity index (χ1n) is 8.00. The molecule has 0 aliphatic carbocycles. The zero-order chi connectivity index (χ0) is 18.1. The molecule has 2 saturated heterocycles. The van der Waals surface area contributed by atoms with E-state index in [0.29, 0.717) is 0 Å². The molecule has 0 unspecified atom stereocenters. The average molecular weight is 353 g/mol. The summed E-state index contributed by atoms with van der Waals surface area (Å²) in [4.78, 5) is 33.7. The van der Waals surface area contributed by atoms with Gasteiger partial charge in [0.25, 0.3) is 5.66 Å². The van der Waals surface area contributed by atoms with E-state index >= 15 is 0 Å². The number of carbonyl (C=O) groups is 2. The monoisotopic (exact) mass is 353 g/mol. The van der Waals surface area contributed by atoms with Gasteiger partial charge in [-0.25, -0.2) is 10.3 Å². The van der Waals surface area contributed by atoms with E-state index in [2.05, 4.69) is 15.3 Å². The van der Waals surface area contributed by atoms with Crippen LogP contribution >= 0.6 is 0 Å². The molecule has 4 heterocycles. The summed E-state index contributed by atoms with van der Waals surface area (Å²) < 4.78 is 0. The number of amides is 2. The number of likely N-dealkylation sites (tertiary alicyclic amines) is 1. The topological polar surface area (TPSA) is 197 Å². The van der Waals surface area contributed by atoms with Crippen molar-refractivity contribution in [3.8, 4) is 0 Å². The Labute approximate surface area is 142 Å². The fourth-order valence-corrected chi connectivity index (χ4v) is 4.22. The fraction of sp³-hybridized carbons (Fsp3) is 0.692. The van der Waals surface area contributed by atoms with Gasteiger partial charge in [0.15, 0.2) is 12.0 Å². The molecule has 4 rings (SSSR count). The molecule has 4 atom stereocenters. The Morgan fingerprint density at radius 2 is 1.92 bits per heavy atom. The number of hydrogen-bond acceptors (Lipinski definition) is 10. The van der Waals surface area contributed by atoms with E-state index in [0.717, 1.165) is 4.90 Å². The van der Waals surface area contributed by atoms with Crippen LogP contribution in [0.15, 0.2) is 4.99 Å². The van der Waals surface area contributed by atoms with Gasteiger partial charge in [-0.05, 0) is 0 Å². The number of aliphatic hydroxyl groups is 2. The molecule has 25 heavy (non-hydrogen) atoms. The highest BCUT2D eigenvalue weighted by Crippen LogP contribution is 2.40. The minimum absolute atomic E-state index is 0.0322. The minimum atomic E-state index is -2.37. The molecular weight excluding hydrogens is 332 g/mol. The lowest BCUT2D eigenvalue weighted by Crippen LogP contribution is -2.90. The van der Waals surface area contributed by atoms with Crippen LogP contribution in [0.2, 0.25) is 0 Å². The van der Waals surface area contributed by atoms with E-state index < -0.39 is 29.6 Å². The summed E-state index contributed by atoms with van der Waals surface area (Å²) in [6, 6.07) is -2.51. The van der Waals surface area contributed by atoms with Crippen molar-refractivity contribution >= 4 is 23.7 Å². The van der Waals surface area contributed by atoms with Crippen LogP contribution in [0.5, 0.6) is 0 Å². The number of hydrogen-bond donors (Lipinski definition) is 7. The van der Waals surface area contributed by atoms with E-state index in [-0.39, 0.29) is 49.7 Å². The molecule has 136 valence electrons. The first kappa shape index (κ1) is 16.1. The number of imide groups is 1. The molecule has 4 aliphatic heterocycles. The van der Waals surface area contributed by atoms with Gasteiger partial charge in [0.1, 0.15) is 6.04 Å². The molecule has 0 radical (unpaired) electrons. The molecule has 12 heteroatoms. The fourth-order valence-electron chi connectivity index (χ4n) is 4.22. The Morgan fingerprint density at radius 1 is 1.28 bits per heavy atom. The summed E-state index contributed by atoms with van der Waals surface area (Å²) in [5.74, 6) is -2.82. The van der Waals surface area contributed by atoms with Gasteiger partial charge in [-0.1, -0.05) is 0 Å². The standard InChI is InChI=1S/C13H20N8O4/c14-6-4-21-11(16)17-5(3-20-7(22)1-2-8(20)23)9-12(21,13(6,24)25)19-10(15)18-9/h5-6,9,24-25H,1-4,14H2,(H2,16,17)(H3,15,18,19)/p+1/t5-,6-,9-,12-/m0/s1. The average Bonchev–Trinajstić information content (AvgIpc) is 3.11. The molecule has 4 aliphatic rings. The molecule has 12 nitrogen and oxygen atoms in total. The lowest BCUT2D eigenvalue weighted by Gasteiger charge is -2.46. The van der Waals surface area contributed by atoms with E-state index in [1.165, 1.54) is 4.90 Å². The Hall–Kier alpha value is -2.44. The summed E-state index contributed by atoms with van der Waals surface area (Å²) in [5, 5.41) is 24.2. The second-order valence-corrected chi connectivity index (χ2v) is 6.82. The summed E-state index contributed by atoms with van der Waals surface area (Å²) in [6.45, 7) is 0.0149.